The van der Waals surface area contributed by atoms with Gasteiger partial charge in [0.15, 0.2) is 12.4 Å². The first kappa shape index (κ1) is 19.1. The molecule has 0 saturated heterocycles. The van der Waals surface area contributed by atoms with Crippen LogP contribution in [0.1, 0.15) is 48.9 Å². The number of esters is 1. The van der Waals surface area contributed by atoms with Crippen LogP contribution < -0.4 is 5.32 Å². The van der Waals surface area contributed by atoms with E-state index < -0.39 is 24.0 Å². The second-order valence-corrected chi connectivity index (χ2v) is 6.96. The molecule has 0 aliphatic heterocycles. The van der Waals surface area contributed by atoms with E-state index in [0.717, 1.165) is 17.3 Å². The largest absolute Gasteiger partial charge is 0.456 e. The number of rotatable bonds is 7. The summed E-state index contributed by atoms with van der Waals surface area (Å²) < 4.78 is 5.76. The molecule has 1 amide bonds. The predicted octanol–water partition coefficient (Wildman–Crippen LogP) is 2.91. The SMILES string of the molecule is N#CC1(NC(=O)COC(=O)CCC(=O)c2ccc(Br)cc2)CCCC1. The summed E-state index contributed by atoms with van der Waals surface area (Å²) in [6.45, 7) is -0.436. The van der Waals surface area contributed by atoms with Gasteiger partial charge in [-0.05, 0) is 37.8 Å². The Morgan fingerprint density at radius 2 is 1.80 bits per heavy atom. The quantitative estimate of drug-likeness (QED) is 0.554. The van der Waals surface area contributed by atoms with Gasteiger partial charge in [-0.25, -0.2) is 0 Å². The second-order valence-electron chi connectivity index (χ2n) is 6.04. The fourth-order valence-electron chi connectivity index (χ4n) is 2.76. The van der Waals surface area contributed by atoms with E-state index in [1.807, 2.05) is 0 Å². The molecule has 0 aromatic heterocycles. The van der Waals surface area contributed by atoms with Crippen molar-refractivity contribution in [3.63, 3.8) is 0 Å². The first-order valence-electron chi connectivity index (χ1n) is 8.11. The Labute approximate surface area is 154 Å². The van der Waals surface area contributed by atoms with Gasteiger partial charge in [0.2, 0.25) is 0 Å². The highest BCUT2D eigenvalue weighted by Crippen LogP contribution is 2.28. The minimum atomic E-state index is -0.832. The summed E-state index contributed by atoms with van der Waals surface area (Å²) in [5.74, 6) is -1.27. The molecule has 0 bridgehead atoms. The van der Waals surface area contributed by atoms with E-state index in [1.54, 1.807) is 24.3 Å². The maximum atomic E-state index is 12.0. The molecule has 1 aliphatic carbocycles. The Morgan fingerprint density at radius 3 is 2.40 bits per heavy atom. The number of hydrogen-bond donors (Lipinski definition) is 1. The molecule has 25 heavy (non-hydrogen) atoms. The Bertz CT molecular complexity index is 688. The normalized spacial score (nSPS) is 15.2. The van der Waals surface area contributed by atoms with Gasteiger partial charge in [0, 0.05) is 16.5 Å². The Kier molecular flexibility index (Phi) is 6.71. The third kappa shape index (κ3) is 5.68. The topological polar surface area (TPSA) is 96.3 Å². The van der Waals surface area contributed by atoms with Crippen LogP contribution >= 0.6 is 15.9 Å². The van der Waals surface area contributed by atoms with E-state index in [-0.39, 0.29) is 18.6 Å². The van der Waals surface area contributed by atoms with Crippen molar-refractivity contribution in [3.8, 4) is 6.07 Å². The third-order valence-electron chi connectivity index (χ3n) is 4.14. The maximum Gasteiger partial charge on any atom is 0.306 e. The van der Waals surface area contributed by atoms with Gasteiger partial charge in [0.05, 0.1) is 12.5 Å². The molecule has 0 radical (unpaired) electrons. The number of hydrogen-bond acceptors (Lipinski definition) is 5. The highest BCUT2D eigenvalue weighted by molar-refractivity contribution is 9.10. The molecule has 0 spiro atoms. The standard InChI is InChI=1S/C18H19BrN2O4/c19-14-5-3-13(4-6-14)15(22)7-8-17(24)25-11-16(23)21-18(12-20)9-1-2-10-18/h3-6H,1-2,7-11H2,(H,21,23). The lowest BCUT2D eigenvalue weighted by Gasteiger charge is -2.21. The van der Waals surface area contributed by atoms with Crippen LogP contribution in [0.2, 0.25) is 0 Å². The van der Waals surface area contributed by atoms with E-state index >= 15 is 0 Å². The van der Waals surface area contributed by atoms with Gasteiger partial charge in [-0.15, -0.1) is 0 Å². The van der Waals surface area contributed by atoms with Crippen molar-refractivity contribution in [1.82, 2.24) is 5.32 Å². The second kappa shape index (κ2) is 8.77. The number of nitrogens with zero attached hydrogens (tertiary/aromatic N) is 1. The molecule has 1 saturated carbocycles. The minimum absolute atomic E-state index is 0.0181. The van der Waals surface area contributed by atoms with E-state index in [0.29, 0.717) is 18.4 Å². The van der Waals surface area contributed by atoms with Crippen LogP contribution in [0, 0.1) is 11.3 Å². The monoisotopic (exact) mass is 406 g/mol. The number of amides is 1. The molecular weight excluding hydrogens is 388 g/mol. The Balaban J connectivity index is 1.71. The van der Waals surface area contributed by atoms with Crippen LogP contribution in [0.4, 0.5) is 0 Å². The van der Waals surface area contributed by atoms with Crippen LogP contribution in [0.3, 0.4) is 0 Å². The molecular formula is C18H19BrN2O4. The summed E-state index contributed by atoms with van der Waals surface area (Å²) in [5.41, 5.74) is -0.313. The zero-order valence-corrected chi connectivity index (χ0v) is 15.3. The van der Waals surface area contributed by atoms with E-state index in [4.69, 9.17) is 4.74 Å². The number of carbonyl (C=O) groups excluding carboxylic acids is 3. The average molecular weight is 407 g/mol. The van der Waals surface area contributed by atoms with Crippen molar-refractivity contribution in [2.45, 2.75) is 44.1 Å². The number of benzene rings is 1. The van der Waals surface area contributed by atoms with Crippen LogP contribution in [-0.4, -0.2) is 29.8 Å². The average Bonchev–Trinajstić information content (AvgIpc) is 3.07. The maximum absolute atomic E-state index is 12.0. The molecule has 1 N–H and O–H groups in total. The van der Waals surface area contributed by atoms with Crippen molar-refractivity contribution in [1.29, 1.82) is 5.26 Å². The van der Waals surface area contributed by atoms with Gasteiger partial charge in [-0.1, -0.05) is 28.1 Å². The van der Waals surface area contributed by atoms with Crippen molar-refractivity contribution in [3.05, 3.63) is 34.3 Å². The first-order chi connectivity index (χ1) is 11.9. The third-order valence-corrected chi connectivity index (χ3v) is 4.67. The van der Waals surface area contributed by atoms with Crippen LogP contribution in [0.15, 0.2) is 28.7 Å². The number of ketones is 1. The van der Waals surface area contributed by atoms with Gasteiger partial charge in [0.1, 0.15) is 5.54 Å². The summed E-state index contributed by atoms with van der Waals surface area (Å²) in [5, 5.41) is 11.8. The van der Waals surface area contributed by atoms with Crippen molar-refractivity contribution < 1.29 is 19.1 Å². The molecule has 1 aliphatic rings. The first-order valence-corrected chi connectivity index (χ1v) is 8.90. The number of ether oxygens (including phenoxy) is 1. The number of nitriles is 1. The fourth-order valence-corrected chi connectivity index (χ4v) is 3.02. The minimum Gasteiger partial charge on any atom is -0.456 e. The van der Waals surface area contributed by atoms with Crippen molar-refractivity contribution in [2.24, 2.45) is 0 Å². The van der Waals surface area contributed by atoms with E-state index in [1.165, 1.54) is 0 Å². The van der Waals surface area contributed by atoms with Crippen LogP contribution in [0.5, 0.6) is 0 Å². The van der Waals surface area contributed by atoms with E-state index in [2.05, 4.69) is 27.3 Å². The van der Waals surface area contributed by atoms with Gasteiger partial charge < -0.3 is 10.1 Å². The van der Waals surface area contributed by atoms with Gasteiger partial charge in [-0.3, -0.25) is 14.4 Å². The molecule has 0 heterocycles. The lowest BCUT2D eigenvalue weighted by Crippen LogP contribution is -2.46. The molecule has 1 aromatic carbocycles. The number of halogens is 1. The highest BCUT2D eigenvalue weighted by atomic mass is 79.9. The molecule has 2 rings (SSSR count). The number of carbonyl (C=O) groups is 3. The Morgan fingerprint density at radius 1 is 1.16 bits per heavy atom. The molecule has 132 valence electrons. The molecule has 0 unspecified atom stereocenters. The molecule has 1 fully saturated rings. The number of nitrogens with one attached hydrogen (secondary N) is 1. The molecule has 0 atom stereocenters. The van der Waals surface area contributed by atoms with Crippen LogP contribution in [0.25, 0.3) is 0 Å². The Hall–Kier alpha value is -2.20. The van der Waals surface area contributed by atoms with Crippen molar-refractivity contribution >= 4 is 33.6 Å². The summed E-state index contributed by atoms with van der Waals surface area (Å²) in [6, 6.07) is 9.00. The van der Waals surface area contributed by atoms with Gasteiger partial charge in [0.25, 0.3) is 5.91 Å². The van der Waals surface area contributed by atoms with Crippen LogP contribution in [-0.2, 0) is 14.3 Å². The zero-order valence-electron chi connectivity index (χ0n) is 13.7. The lowest BCUT2D eigenvalue weighted by atomic mass is 10.00. The zero-order chi connectivity index (χ0) is 18.3. The summed E-state index contributed by atoms with van der Waals surface area (Å²) in [7, 11) is 0. The smallest absolute Gasteiger partial charge is 0.306 e. The molecule has 6 nitrogen and oxygen atoms in total. The lowest BCUT2D eigenvalue weighted by molar-refractivity contribution is -0.148. The fraction of sp³-hybridized carbons (Fsp3) is 0.444. The summed E-state index contributed by atoms with van der Waals surface area (Å²) in [6.07, 6.45) is 2.95. The molecule has 7 heteroatoms. The molecule has 1 aromatic rings. The summed E-state index contributed by atoms with van der Waals surface area (Å²) >= 11 is 3.29. The van der Waals surface area contributed by atoms with E-state index in [9.17, 15) is 19.6 Å². The summed E-state index contributed by atoms with van der Waals surface area (Å²) in [4.78, 5) is 35.5. The van der Waals surface area contributed by atoms with Gasteiger partial charge in [-0.2, -0.15) is 5.26 Å². The highest BCUT2D eigenvalue weighted by Gasteiger charge is 2.35. The van der Waals surface area contributed by atoms with Gasteiger partial charge >= 0.3 is 5.97 Å². The number of Topliss-reactive ketones (excluding diaryl/α,β-unsaturated/α-hetero) is 1. The predicted molar refractivity (Wildman–Crippen MR) is 93.6 cm³/mol. The van der Waals surface area contributed by atoms with Crippen molar-refractivity contribution in [2.75, 3.05) is 6.61 Å².